The number of fused-ring (bicyclic) bond motifs is 2. The zero-order valence-corrected chi connectivity index (χ0v) is 22.2. The summed E-state index contributed by atoms with van der Waals surface area (Å²) in [5.41, 5.74) is 11.4. The minimum atomic E-state index is -0.903. The first-order valence-corrected chi connectivity index (χ1v) is 13.6. The summed E-state index contributed by atoms with van der Waals surface area (Å²) in [7, 11) is 3.96. The maximum atomic E-state index is 11.2. The quantitative estimate of drug-likeness (QED) is 0.573. The number of rotatable bonds is 2. The van der Waals surface area contributed by atoms with Crippen molar-refractivity contribution in [2.75, 3.05) is 19.8 Å². The van der Waals surface area contributed by atoms with Gasteiger partial charge in [0.25, 0.3) is 0 Å². The van der Waals surface area contributed by atoms with Gasteiger partial charge in [0, 0.05) is 29.0 Å². The van der Waals surface area contributed by atoms with Crippen molar-refractivity contribution in [2.45, 2.75) is 75.4 Å². The number of aliphatic hydroxyl groups is 2. The van der Waals surface area contributed by atoms with E-state index >= 15 is 0 Å². The lowest BCUT2D eigenvalue weighted by atomic mass is 9.56. The molecule has 6 heteroatoms. The second-order valence-corrected chi connectivity index (χ2v) is 12.6. The highest BCUT2D eigenvalue weighted by molar-refractivity contribution is 5.94. The molecule has 3 aliphatic carbocycles. The summed E-state index contributed by atoms with van der Waals surface area (Å²) < 4.78 is 7.32. The third kappa shape index (κ3) is 2.93. The number of hydrogen-bond donors (Lipinski definition) is 3. The van der Waals surface area contributed by atoms with Gasteiger partial charge in [0.15, 0.2) is 0 Å². The first-order valence-electron chi connectivity index (χ1n) is 13.6. The summed E-state index contributed by atoms with van der Waals surface area (Å²) in [5, 5.41) is 24.3. The molecule has 1 saturated carbocycles. The number of benzene rings is 1. The SMILES string of the molecule is CC1=C2C=C3C(O)C(O)C(N(C)C)CC34CCC2(O4)C2CC=C(c3ccc4ccnc(N)c4c3)C2(C)C1. The molecule has 3 heterocycles. The number of pyridine rings is 1. The van der Waals surface area contributed by atoms with Gasteiger partial charge in [-0.05, 0) is 92.9 Å². The van der Waals surface area contributed by atoms with Crippen LogP contribution in [-0.4, -0.2) is 63.6 Å². The van der Waals surface area contributed by atoms with Gasteiger partial charge in [-0.3, -0.25) is 0 Å². The van der Waals surface area contributed by atoms with E-state index in [1.807, 2.05) is 25.1 Å². The Kier molecular flexibility index (Phi) is 4.81. The monoisotopic (exact) mass is 499 g/mol. The topological polar surface area (TPSA) is 91.8 Å². The van der Waals surface area contributed by atoms with Gasteiger partial charge in [0.05, 0.1) is 17.3 Å². The standard InChI is InChI=1S/C31H37N3O3/c1-17-15-29(2)21(19-6-5-18-9-12-33-28(32)20(18)13-19)7-8-25(29)31-11-10-30(37-31)16-24(34(3)4)27(36)26(35)23(30)14-22(17)31/h5-7,9,12-14,24-27,35-36H,8,10-11,15-16H2,1-4H3,(H2,32,33). The van der Waals surface area contributed by atoms with Crippen molar-refractivity contribution in [3.63, 3.8) is 0 Å². The number of nitrogens with zero attached hydrogens (tertiary/aromatic N) is 2. The molecular formula is C31H37N3O3. The summed E-state index contributed by atoms with van der Waals surface area (Å²) in [5.74, 6) is 0.884. The highest BCUT2D eigenvalue weighted by Gasteiger charge is 2.68. The van der Waals surface area contributed by atoms with Crippen LogP contribution in [0.1, 0.15) is 51.5 Å². The van der Waals surface area contributed by atoms with Crippen LogP contribution >= 0.6 is 0 Å². The summed E-state index contributed by atoms with van der Waals surface area (Å²) in [6.45, 7) is 4.65. The van der Waals surface area contributed by atoms with E-state index in [-0.39, 0.29) is 17.1 Å². The van der Waals surface area contributed by atoms with Crippen molar-refractivity contribution in [1.29, 1.82) is 0 Å². The van der Waals surface area contributed by atoms with Crippen LogP contribution < -0.4 is 5.73 Å². The predicted octanol–water partition coefficient (Wildman–Crippen LogP) is 4.23. The molecule has 194 valence electrons. The maximum Gasteiger partial charge on any atom is 0.131 e. The molecule has 7 unspecified atom stereocenters. The Bertz CT molecular complexity index is 1430. The summed E-state index contributed by atoms with van der Waals surface area (Å²) in [6, 6.07) is 8.46. The van der Waals surface area contributed by atoms with Crippen LogP contribution in [0.3, 0.4) is 0 Å². The van der Waals surface area contributed by atoms with Crippen LogP contribution in [0.15, 0.2) is 59.3 Å². The highest BCUT2D eigenvalue weighted by atomic mass is 16.5. The molecule has 1 aromatic carbocycles. The summed E-state index contributed by atoms with van der Waals surface area (Å²) >= 11 is 0. The number of aliphatic hydroxyl groups excluding tert-OH is 2. The van der Waals surface area contributed by atoms with Gasteiger partial charge in [-0.25, -0.2) is 4.98 Å². The molecule has 6 nitrogen and oxygen atoms in total. The lowest BCUT2D eigenvalue weighted by molar-refractivity contribution is -0.162. The lowest BCUT2D eigenvalue weighted by Gasteiger charge is -2.56. The summed E-state index contributed by atoms with van der Waals surface area (Å²) in [6.07, 6.45) is 9.14. The molecule has 2 aromatic rings. The number of ether oxygens (including phenoxy) is 1. The second kappa shape index (κ2) is 7.54. The van der Waals surface area contributed by atoms with Crippen LogP contribution in [-0.2, 0) is 4.74 Å². The third-order valence-electron chi connectivity index (χ3n) is 10.5. The van der Waals surface area contributed by atoms with E-state index in [1.165, 1.54) is 22.3 Å². The molecule has 4 N–H and O–H groups in total. The zero-order valence-electron chi connectivity index (χ0n) is 22.2. The number of nitrogens with two attached hydrogens (primary N) is 1. The Labute approximate surface area is 218 Å². The van der Waals surface area contributed by atoms with Crippen LogP contribution in [0.25, 0.3) is 16.3 Å². The molecule has 2 spiro atoms. The first-order chi connectivity index (χ1) is 17.6. The van der Waals surface area contributed by atoms with Gasteiger partial charge in [-0.1, -0.05) is 36.8 Å². The fourth-order valence-corrected chi connectivity index (χ4v) is 8.81. The van der Waals surface area contributed by atoms with Crippen molar-refractivity contribution in [2.24, 2.45) is 11.3 Å². The van der Waals surface area contributed by atoms with E-state index in [2.05, 4.69) is 49.2 Å². The number of allylic oxidation sites excluding steroid dienone is 3. The summed E-state index contributed by atoms with van der Waals surface area (Å²) in [4.78, 5) is 6.35. The molecule has 0 radical (unpaired) electrons. The van der Waals surface area contributed by atoms with E-state index in [4.69, 9.17) is 10.5 Å². The van der Waals surface area contributed by atoms with Crippen LogP contribution in [0, 0.1) is 11.3 Å². The minimum absolute atomic E-state index is 0.0666. The predicted molar refractivity (Wildman–Crippen MR) is 146 cm³/mol. The number of aromatic nitrogens is 1. The van der Waals surface area contributed by atoms with Crippen molar-refractivity contribution in [1.82, 2.24) is 9.88 Å². The Morgan fingerprint density at radius 1 is 1.16 bits per heavy atom. The van der Waals surface area contributed by atoms with Gasteiger partial charge in [-0.2, -0.15) is 0 Å². The molecule has 1 saturated heterocycles. The number of anilines is 1. The van der Waals surface area contributed by atoms with Crippen molar-refractivity contribution in [3.8, 4) is 0 Å². The lowest BCUT2D eigenvalue weighted by Crippen LogP contribution is -2.62. The highest BCUT2D eigenvalue weighted by Crippen LogP contribution is 2.69. The van der Waals surface area contributed by atoms with Crippen molar-refractivity contribution >= 4 is 22.2 Å². The Morgan fingerprint density at radius 3 is 2.76 bits per heavy atom. The number of likely N-dealkylation sites (N-methyl/N-ethyl adjacent to an activating group) is 1. The Morgan fingerprint density at radius 2 is 1.97 bits per heavy atom. The van der Waals surface area contributed by atoms with Crippen molar-refractivity contribution < 1.29 is 14.9 Å². The van der Waals surface area contributed by atoms with Gasteiger partial charge in [0.1, 0.15) is 11.9 Å². The molecule has 37 heavy (non-hydrogen) atoms. The normalized spacial score (nSPS) is 40.4. The van der Waals surface area contributed by atoms with Crippen LogP contribution in [0.2, 0.25) is 0 Å². The maximum absolute atomic E-state index is 11.2. The van der Waals surface area contributed by atoms with E-state index in [0.29, 0.717) is 18.2 Å². The second-order valence-electron chi connectivity index (χ2n) is 12.6. The molecule has 2 fully saturated rings. The van der Waals surface area contributed by atoms with Crippen molar-refractivity contribution in [3.05, 3.63) is 64.9 Å². The zero-order chi connectivity index (χ0) is 25.9. The molecule has 1 aromatic heterocycles. The number of hydrogen-bond acceptors (Lipinski definition) is 6. The van der Waals surface area contributed by atoms with Gasteiger partial charge < -0.3 is 25.6 Å². The molecule has 0 amide bonds. The average molecular weight is 500 g/mol. The fraction of sp³-hybridized carbons (Fsp3) is 0.516. The largest absolute Gasteiger partial charge is 0.388 e. The van der Waals surface area contributed by atoms with Crippen LogP contribution in [0.5, 0.6) is 0 Å². The first kappa shape index (κ1) is 23.6. The Balaban J connectivity index is 1.33. The van der Waals surface area contributed by atoms with E-state index in [1.54, 1.807) is 6.20 Å². The molecular weight excluding hydrogens is 462 g/mol. The van der Waals surface area contributed by atoms with E-state index in [0.717, 1.165) is 42.0 Å². The molecule has 7 atom stereocenters. The van der Waals surface area contributed by atoms with Crippen LogP contribution in [0.4, 0.5) is 5.82 Å². The molecule has 2 bridgehead atoms. The van der Waals surface area contributed by atoms with E-state index in [9.17, 15) is 10.2 Å². The third-order valence-corrected chi connectivity index (χ3v) is 10.5. The molecule has 2 aliphatic heterocycles. The van der Waals surface area contributed by atoms with Gasteiger partial charge in [0.2, 0.25) is 0 Å². The minimum Gasteiger partial charge on any atom is -0.388 e. The van der Waals surface area contributed by atoms with E-state index < -0.39 is 17.8 Å². The van der Waals surface area contributed by atoms with Gasteiger partial charge in [-0.15, -0.1) is 0 Å². The number of nitrogen functional groups attached to an aromatic ring is 1. The average Bonchev–Trinajstić information content (AvgIpc) is 3.36. The molecule has 7 rings (SSSR count). The molecule has 5 aliphatic rings. The smallest absolute Gasteiger partial charge is 0.131 e. The Hall–Kier alpha value is -2.51. The fourth-order valence-electron chi connectivity index (χ4n) is 8.81. The van der Waals surface area contributed by atoms with Gasteiger partial charge >= 0.3 is 0 Å².